The summed E-state index contributed by atoms with van der Waals surface area (Å²) in [6, 6.07) is 23.6. The van der Waals surface area contributed by atoms with Crippen LogP contribution in [0, 0.1) is 10.1 Å². The first-order valence-corrected chi connectivity index (χ1v) is 8.15. The van der Waals surface area contributed by atoms with Crippen LogP contribution in [0.5, 0.6) is 0 Å². The molecule has 0 saturated heterocycles. The Hall–Kier alpha value is -3.21. The normalized spacial score (nSPS) is 10.4. The highest BCUT2D eigenvalue weighted by atomic mass is 16.6. The second-order valence-electron chi connectivity index (χ2n) is 5.77. The van der Waals surface area contributed by atoms with Crippen molar-refractivity contribution in [3.8, 4) is 0 Å². The molecule has 0 aliphatic carbocycles. The molecule has 3 rings (SSSR count). The van der Waals surface area contributed by atoms with Crippen LogP contribution in [0.1, 0.15) is 11.1 Å². The van der Waals surface area contributed by atoms with Gasteiger partial charge < -0.3 is 4.90 Å². The van der Waals surface area contributed by atoms with Crippen molar-refractivity contribution in [2.75, 3.05) is 11.4 Å². The minimum absolute atomic E-state index is 0.00599. The van der Waals surface area contributed by atoms with E-state index in [1.807, 2.05) is 36.4 Å². The predicted molar refractivity (Wildman–Crippen MR) is 98.5 cm³/mol. The molecule has 0 amide bonds. The second kappa shape index (κ2) is 8.06. The Kier molecular flexibility index (Phi) is 5.36. The van der Waals surface area contributed by atoms with Crippen LogP contribution < -0.4 is 4.90 Å². The number of anilines is 1. The van der Waals surface area contributed by atoms with E-state index in [1.54, 1.807) is 6.07 Å². The van der Waals surface area contributed by atoms with Gasteiger partial charge >= 0.3 is 0 Å². The van der Waals surface area contributed by atoms with Gasteiger partial charge in [0, 0.05) is 19.2 Å². The molecular formula is C20H19N3O2. The SMILES string of the molecule is O=[N+]([O-])c1ccc(N(CCc2ccccc2)Cc2ccccc2)nc1. The van der Waals surface area contributed by atoms with E-state index >= 15 is 0 Å². The zero-order valence-corrected chi connectivity index (χ0v) is 13.8. The van der Waals surface area contributed by atoms with E-state index in [4.69, 9.17) is 0 Å². The third-order valence-corrected chi connectivity index (χ3v) is 4.00. The first-order valence-electron chi connectivity index (χ1n) is 8.15. The molecule has 0 aliphatic heterocycles. The highest BCUT2D eigenvalue weighted by Gasteiger charge is 2.12. The maximum atomic E-state index is 10.8. The van der Waals surface area contributed by atoms with Gasteiger partial charge in [-0.05, 0) is 23.6 Å². The van der Waals surface area contributed by atoms with Crippen molar-refractivity contribution in [1.82, 2.24) is 4.98 Å². The maximum absolute atomic E-state index is 10.8. The molecule has 1 aromatic heterocycles. The average molecular weight is 333 g/mol. The molecule has 0 spiro atoms. The number of rotatable bonds is 7. The van der Waals surface area contributed by atoms with Gasteiger partial charge in [-0.25, -0.2) is 4.98 Å². The number of nitro groups is 1. The van der Waals surface area contributed by atoms with E-state index in [1.165, 1.54) is 23.4 Å². The van der Waals surface area contributed by atoms with E-state index in [2.05, 4.69) is 34.1 Å². The van der Waals surface area contributed by atoms with Gasteiger partial charge in [0.05, 0.1) is 4.92 Å². The Morgan fingerprint density at radius 3 is 2.08 bits per heavy atom. The molecule has 0 radical (unpaired) electrons. The van der Waals surface area contributed by atoms with Gasteiger partial charge in [0.2, 0.25) is 0 Å². The number of hydrogen-bond donors (Lipinski definition) is 0. The van der Waals surface area contributed by atoms with Gasteiger partial charge in [-0.1, -0.05) is 60.7 Å². The highest BCUT2D eigenvalue weighted by Crippen LogP contribution is 2.19. The molecule has 3 aromatic rings. The number of aromatic nitrogens is 1. The van der Waals surface area contributed by atoms with Crippen LogP contribution >= 0.6 is 0 Å². The molecule has 2 aromatic carbocycles. The summed E-state index contributed by atoms with van der Waals surface area (Å²) < 4.78 is 0. The molecule has 0 fully saturated rings. The van der Waals surface area contributed by atoms with Crippen LogP contribution in [-0.2, 0) is 13.0 Å². The topological polar surface area (TPSA) is 59.3 Å². The quantitative estimate of drug-likeness (QED) is 0.479. The molecule has 0 saturated carbocycles. The number of benzene rings is 2. The lowest BCUT2D eigenvalue weighted by Gasteiger charge is -2.24. The lowest BCUT2D eigenvalue weighted by Crippen LogP contribution is -2.26. The standard InChI is InChI=1S/C20H19N3O2/c24-23(25)19-11-12-20(21-15-19)22(16-18-9-5-2-6-10-18)14-13-17-7-3-1-4-8-17/h1-12,15H,13-14,16H2. The van der Waals surface area contributed by atoms with Crippen molar-refractivity contribution in [2.45, 2.75) is 13.0 Å². The van der Waals surface area contributed by atoms with E-state index in [0.29, 0.717) is 6.54 Å². The van der Waals surface area contributed by atoms with Crippen molar-refractivity contribution in [1.29, 1.82) is 0 Å². The van der Waals surface area contributed by atoms with E-state index in [-0.39, 0.29) is 5.69 Å². The van der Waals surface area contributed by atoms with Gasteiger partial charge in [0.25, 0.3) is 5.69 Å². The van der Waals surface area contributed by atoms with E-state index in [0.717, 1.165) is 18.8 Å². The van der Waals surface area contributed by atoms with Gasteiger partial charge in [-0.3, -0.25) is 10.1 Å². The Balaban J connectivity index is 1.79. The van der Waals surface area contributed by atoms with Crippen LogP contribution in [0.3, 0.4) is 0 Å². The van der Waals surface area contributed by atoms with Crippen LogP contribution in [0.25, 0.3) is 0 Å². The van der Waals surface area contributed by atoms with Gasteiger partial charge in [0.1, 0.15) is 12.0 Å². The summed E-state index contributed by atoms with van der Waals surface area (Å²) in [5.74, 6) is 0.741. The van der Waals surface area contributed by atoms with Gasteiger partial charge in [-0.2, -0.15) is 0 Å². The van der Waals surface area contributed by atoms with Crippen molar-refractivity contribution in [3.05, 3.63) is 100 Å². The Labute approximate surface area is 146 Å². The molecule has 0 aliphatic rings. The number of hydrogen-bond acceptors (Lipinski definition) is 4. The minimum atomic E-state index is -0.428. The zero-order valence-electron chi connectivity index (χ0n) is 13.8. The van der Waals surface area contributed by atoms with Crippen molar-refractivity contribution in [2.24, 2.45) is 0 Å². The molecule has 0 unspecified atom stereocenters. The van der Waals surface area contributed by atoms with Gasteiger partial charge in [0.15, 0.2) is 0 Å². The summed E-state index contributed by atoms with van der Waals surface area (Å²) in [7, 11) is 0. The molecule has 126 valence electrons. The molecule has 25 heavy (non-hydrogen) atoms. The molecule has 1 heterocycles. The Bertz CT molecular complexity index is 805. The first-order chi connectivity index (χ1) is 12.2. The summed E-state index contributed by atoms with van der Waals surface area (Å²) in [6.45, 7) is 1.49. The third kappa shape index (κ3) is 4.64. The van der Waals surface area contributed by atoms with E-state index in [9.17, 15) is 10.1 Å². The summed E-state index contributed by atoms with van der Waals surface area (Å²) in [5.41, 5.74) is 2.43. The monoisotopic (exact) mass is 333 g/mol. The molecule has 0 bridgehead atoms. The van der Waals surface area contributed by atoms with E-state index < -0.39 is 4.92 Å². The first kappa shape index (κ1) is 16.6. The predicted octanol–water partition coefficient (Wildman–Crippen LogP) is 4.24. The molecule has 0 atom stereocenters. The van der Waals surface area contributed by atoms with Crippen molar-refractivity contribution >= 4 is 11.5 Å². The van der Waals surface area contributed by atoms with Crippen LogP contribution in [0.4, 0.5) is 11.5 Å². The maximum Gasteiger partial charge on any atom is 0.287 e. The Morgan fingerprint density at radius 1 is 0.880 bits per heavy atom. The number of nitrogens with zero attached hydrogens (tertiary/aromatic N) is 3. The summed E-state index contributed by atoms with van der Waals surface area (Å²) in [5, 5.41) is 10.8. The third-order valence-electron chi connectivity index (χ3n) is 4.00. The fourth-order valence-electron chi connectivity index (χ4n) is 2.66. The van der Waals surface area contributed by atoms with Crippen molar-refractivity contribution in [3.63, 3.8) is 0 Å². The molecule has 5 heteroatoms. The van der Waals surface area contributed by atoms with Crippen LogP contribution in [0.2, 0.25) is 0 Å². The lowest BCUT2D eigenvalue weighted by atomic mass is 10.1. The zero-order chi connectivity index (χ0) is 17.5. The second-order valence-corrected chi connectivity index (χ2v) is 5.77. The fraction of sp³-hybridized carbons (Fsp3) is 0.150. The molecular weight excluding hydrogens is 314 g/mol. The van der Waals surface area contributed by atoms with Crippen LogP contribution in [0.15, 0.2) is 79.0 Å². The smallest absolute Gasteiger partial charge is 0.287 e. The molecule has 0 N–H and O–H groups in total. The minimum Gasteiger partial charge on any atom is -0.352 e. The summed E-state index contributed by atoms with van der Waals surface area (Å²) >= 11 is 0. The van der Waals surface area contributed by atoms with Crippen molar-refractivity contribution < 1.29 is 4.92 Å². The average Bonchev–Trinajstić information content (AvgIpc) is 2.67. The highest BCUT2D eigenvalue weighted by molar-refractivity contribution is 5.44. The van der Waals surface area contributed by atoms with Crippen LogP contribution in [-0.4, -0.2) is 16.5 Å². The lowest BCUT2D eigenvalue weighted by molar-refractivity contribution is -0.385. The largest absolute Gasteiger partial charge is 0.352 e. The Morgan fingerprint density at radius 2 is 1.52 bits per heavy atom. The number of pyridine rings is 1. The molecule has 5 nitrogen and oxygen atoms in total. The summed E-state index contributed by atoms with van der Waals surface area (Å²) in [6.07, 6.45) is 2.20. The fourth-order valence-corrected chi connectivity index (χ4v) is 2.66. The van der Waals surface area contributed by atoms with Gasteiger partial charge in [-0.15, -0.1) is 0 Å². The summed E-state index contributed by atoms with van der Waals surface area (Å²) in [4.78, 5) is 16.8.